The van der Waals surface area contributed by atoms with Crippen molar-refractivity contribution in [3.05, 3.63) is 53.7 Å². The van der Waals surface area contributed by atoms with Gasteiger partial charge >= 0.3 is 0 Å². The summed E-state index contributed by atoms with van der Waals surface area (Å²) in [7, 11) is 1.96. The average Bonchev–Trinajstić information content (AvgIpc) is 3.22. The SMILES string of the molecule is CC1CC(c2nc3ccc(-c4ccc5nn(C)cc5c4)cc3s2)=CCN1.Cl. The topological polar surface area (TPSA) is 42.7 Å². The van der Waals surface area contributed by atoms with Crippen LogP contribution in [0.25, 0.3) is 37.8 Å². The number of benzene rings is 2. The molecule has 0 aliphatic carbocycles. The molecule has 4 aromatic rings. The minimum absolute atomic E-state index is 0. The Kier molecular flexibility index (Phi) is 4.76. The lowest BCUT2D eigenvalue weighted by Gasteiger charge is -2.19. The zero-order valence-electron chi connectivity index (χ0n) is 15.3. The van der Waals surface area contributed by atoms with E-state index in [2.05, 4.69) is 66.0 Å². The van der Waals surface area contributed by atoms with Crippen LogP contribution in [-0.4, -0.2) is 27.4 Å². The highest BCUT2D eigenvalue weighted by Gasteiger charge is 2.15. The molecule has 0 bridgehead atoms. The minimum atomic E-state index is 0. The lowest BCUT2D eigenvalue weighted by atomic mass is 10.0. The fraction of sp³-hybridized carbons (Fsp3) is 0.238. The molecular formula is C21H21ClN4S. The second-order valence-corrected chi connectivity index (χ2v) is 8.05. The van der Waals surface area contributed by atoms with E-state index in [1.807, 2.05) is 11.7 Å². The van der Waals surface area contributed by atoms with Crippen LogP contribution in [0.5, 0.6) is 0 Å². The largest absolute Gasteiger partial charge is 0.310 e. The number of hydrogen-bond donors (Lipinski definition) is 1. The van der Waals surface area contributed by atoms with Crippen LogP contribution in [0.4, 0.5) is 0 Å². The van der Waals surface area contributed by atoms with Crippen LogP contribution >= 0.6 is 23.7 Å². The van der Waals surface area contributed by atoms with E-state index in [4.69, 9.17) is 4.98 Å². The van der Waals surface area contributed by atoms with Gasteiger partial charge in [-0.15, -0.1) is 23.7 Å². The second-order valence-electron chi connectivity index (χ2n) is 7.02. The summed E-state index contributed by atoms with van der Waals surface area (Å²) in [5.41, 5.74) is 5.94. The molecule has 0 saturated heterocycles. The summed E-state index contributed by atoms with van der Waals surface area (Å²) < 4.78 is 3.11. The first-order valence-corrected chi connectivity index (χ1v) is 9.74. The molecule has 3 heterocycles. The first-order valence-electron chi connectivity index (χ1n) is 8.93. The summed E-state index contributed by atoms with van der Waals surface area (Å²) in [4.78, 5) is 4.87. The fourth-order valence-electron chi connectivity index (χ4n) is 3.61. The Balaban J connectivity index is 0.00000180. The molecule has 1 aliphatic rings. The van der Waals surface area contributed by atoms with Gasteiger partial charge in [-0.1, -0.05) is 18.2 Å². The summed E-state index contributed by atoms with van der Waals surface area (Å²) in [5.74, 6) is 0. The maximum Gasteiger partial charge on any atom is 0.120 e. The summed E-state index contributed by atoms with van der Waals surface area (Å²) in [6.07, 6.45) is 5.38. The van der Waals surface area contributed by atoms with Gasteiger partial charge in [-0.25, -0.2) is 4.98 Å². The van der Waals surface area contributed by atoms with Gasteiger partial charge in [0.15, 0.2) is 0 Å². The van der Waals surface area contributed by atoms with E-state index in [0.29, 0.717) is 6.04 Å². The highest BCUT2D eigenvalue weighted by Crippen LogP contribution is 2.33. The standard InChI is InChI=1S/C21H20N4S.ClH/c1-13-9-16(7-8-22-13)21-23-19-6-4-15(11-20(19)26-21)14-3-5-18-17(10-14)12-25(2)24-18;/h3-7,10-13,22H,8-9H2,1-2H3;1H. The van der Waals surface area contributed by atoms with Crippen molar-refractivity contribution in [3.8, 4) is 11.1 Å². The summed E-state index contributed by atoms with van der Waals surface area (Å²) in [6, 6.07) is 13.5. The predicted octanol–water partition coefficient (Wildman–Crippen LogP) is 5.04. The molecule has 1 N–H and O–H groups in total. The van der Waals surface area contributed by atoms with Crippen LogP contribution < -0.4 is 5.32 Å². The maximum absolute atomic E-state index is 4.87. The summed E-state index contributed by atoms with van der Waals surface area (Å²) in [6.45, 7) is 3.16. The van der Waals surface area contributed by atoms with Gasteiger partial charge in [0, 0.05) is 31.2 Å². The Hall–Kier alpha value is -2.21. The molecule has 27 heavy (non-hydrogen) atoms. The van der Waals surface area contributed by atoms with E-state index in [9.17, 15) is 0 Å². The Morgan fingerprint density at radius 1 is 1.11 bits per heavy atom. The molecular weight excluding hydrogens is 376 g/mol. The zero-order valence-corrected chi connectivity index (χ0v) is 16.9. The van der Waals surface area contributed by atoms with E-state index in [-0.39, 0.29) is 12.4 Å². The molecule has 2 aromatic carbocycles. The van der Waals surface area contributed by atoms with Gasteiger partial charge in [-0.2, -0.15) is 5.10 Å². The number of aromatic nitrogens is 3. The molecule has 1 unspecified atom stereocenters. The van der Waals surface area contributed by atoms with Crippen molar-refractivity contribution in [1.29, 1.82) is 0 Å². The Morgan fingerprint density at radius 3 is 2.70 bits per heavy atom. The maximum atomic E-state index is 4.87. The van der Waals surface area contributed by atoms with Crippen molar-refractivity contribution >= 4 is 50.4 Å². The number of halogens is 1. The molecule has 138 valence electrons. The molecule has 0 saturated carbocycles. The average molecular weight is 397 g/mol. The van der Waals surface area contributed by atoms with Gasteiger partial charge in [0.2, 0.25) is 0 Å². The van der Waals surface area contributed by atoms with Gasteiger partial charge in [0.1, 0.15) is 5.01 Å². The molecule has 1 aliphatic heterocycles. The Bertz CT molecular complexity index is 1160. The molecule has 0 spiro atoms. The van der Waals surface area contributed by atoms with Gasteiger partial charge in [-0.3, -0.25) is 4.68 Å². The van der Waals surface area contributed by atoms with Crippen LogP contribution in [-0.2, 0) is 7.05 Å². The number of hydrogen-bond acceptors (Lipinski definition) is 4. The summed E-state index contributed by atoms with van der Waals surface area (Å²) >= 11 is 1.80. The third kappa shape index (κ3) is 3.38. The molecule has 1 atom stereocenters. The molecule has 4 nitrogen and oxygen atoms in total. The first kappa shape index (κ1) is 18.2. The van der Waals surface area contributed by atoms with Gasteiger partial charge in [0.25, 0.3) is 0 Å². The van der Waals surface area contributed by atoms with Crippen LogP contribution in [0, 0.1) is 0 Å². The van der Waals surface area contributed by atoms with Crippen LogP contribution in [0.1, 0.15) is 18.4 Å². The van der Waals surface area contributed by atoms with E-state index in [0.717, 1.165) is 29.0 Å². The van der Waals surface area contributed by atoms with Crippen LogP contribution in [0.2, 0.25) is 0 Å². The van der Waals surface area contributed by atoms with E-state index in [1.54, 1.807) is 11.3 Å². The third-order valence-electron chi connectivity index (χ3n) is 4.96. The lowest BCUT2D eigenvalue weighted by Crippen LogP contribution is -2.29. The molecule has 6 heteroatoms. The Labute approximate surface area is 168 Å². The van der Waals surface area contributed by atoms with Gasteiger partial charge < -0.3 is 5.32 Å². The Morgan fingerprint density at radius 2 is 1.89 bits per heavy atom. The van der Waals surface area contributed by atoms with Crippen molar-refractivity contribution in [1.82, 2.24) is 20.1 Å². The zero-order chi connectivity index (χ0) is 17.7. The summed E-state index contributed by atoms with van der Waals surface area (Å²) in [5, 5.41) is 10.2. The number of rotatable bonds is 2. The number of nitrogens with zero attached hydrogens (tertiary/aromatic N) is 3. The van der Waals surface area contributed by atoms with Crippen molar-refractivity contribution in [3.63, 3.8) is 0 Å². The predicted molar refractivity (Wildman–Crippen MR) is 117 cm³/mol. The highest BCUT2D eigenvalue weighted by atomic mass is 35.5. The van der Waals surface area contributed by atoms with E-state index in [1.165, 1.54) is 26.8 Å². The molecule has 0 fully saturated rings. The lowest BCUT2D eigenvalue weighted by molar-refractivity contribution is 0.579. The van der Waals surface area contributed by atoms with Crippen molar-refractivity contribution < 1.29 is 0 Å². The fourth-order valence-corrected chi connectivity index (χ4v) is 4.67. The van der Waals surface area contributed by atoms with Gasteiger partial charge in [0.05, 0.1) is 15.7 Å². The minimum Gasteiger partial charge on any atom is -0.310 e. The normalized spacial score (nSPS) is 17.1. The first-order chi connectivity index (χ1) is 12.7. The van der Waals surface area contributed by atoms with Crippen molar-refractivity contribution in [2.75, 3.05) is 6.54 Å². The number of aryl methyl sites for hydroxylation is 1. The van der Waals surface area contributed by atoms with Crippen LogP contribution in [0.3, 0.4) is 0 Å². The van der Waals surface area contributed by atoms with Gasteiger partial charge in [-0.05, 0) is 54.3 Å². The quantitative estimate of drug-likeness (QED) is 0.516. The molecule has 5 rings (SSSR count). The monoisotopic (exact) mass is 396 g/mol. The third-order valence-corrected chi connectivity index (χ3v) is 6.05. The number of thiazole rings is 1. The van der Waals surface area contributed by atoms with E-state index < -0.39 is 0 Å². The molecule has 0 amide bonds. The van der Waals surface area contributed by atoms with Crippen molar-refractivity contribution in [2.45, 2.75) is 19.4 Å². The smallest absolute Gasteiger partial charge is 0.120 e. The second kappa shape index (κ2) is 7.08. The molecule has 2 aromatic heterocycles. The highest BCUT2D eigenvalue weighted by molar-refractivity contribution is 7.19. The molecule has 0 radical (unpaired) electrons. The number of fused-ring (bicyclic) bond motifs is 2. The van der Waals surface area contributed by atoms with Crippen LogP contribution in [0.15, 0.2) is 48.7 Å². The van der Waals surface area contributed by atoms with E-state index >= 15 is 0 Å². The number of nitrogens with one attached hydrogen (secondary N) is 1. The van der Waals surface area contributed by atoms with Crippen molar-refractivity contribution in [2.24, 2.45) is 7.05 Å².